The Morgan fingerprint density at radius 3 is 3.00 bits per heavy atom. The highest BCUT2D eigenvalue weighted by molar-refractivity contribution is 7.11. The van der Waals surface area contributed by atoms with Crippen molar-refractivity contribution in [3.05, 3.63) is 45.7 Å². The van der Waals surface area contributed by atoms with Gasteiger partial charge in [0.05, 0.1) is 5.69 Å². The molecule has 0 radical (unpaired) electrons. The van der Waals surface area contributed by atoms with Gasteiger partial charge in [0.2, 0.25) is 5.01 Å². The minimum atomic E-state index is -1.11. The molecule has 0 spiro atoms. The molecule has 7 heteroatoms. The highest BCUT2D eigenvalue weighted by Gasteiger charge is 2.12. The fourth-order valence-electron chi connectivity index (χ4n) is 1.36. The molecule has 0 bridgehead atoms. The summed E-state index contributed by atoms with van der Waals surface area (Å²) in [7, 11) is 0. The zero-order chi connectivity index (χ0) is 13.8. The summed E-state index contributed by atoms with van der Waals surface area (Å²) in [4.78, 5) is 14.5. The van der Waals surface area contributed by atoms with Crippen LogP contribution in [0, 0.1) is 17.1 Å². The molecular formula is C12H7FN2O3S. The Labute approximate surface area is 111 Å². The fraction of sp³-hybridized carbons (Fsp3) is 0.0833. The van der Waals surface area contributed by atoms with E-state index in [0.717, 1.165) is 17.4 Å². The first kappa shape index (κ1) is 13.0. The number of benzene rings is 1. The topological polar surface area (TPSA) is 83.2 Å². The predicted molar refractivity (Wildman–Crippen MR) is 64.5 cm³/mol. The van der Waals surface area contributed by atoms with Crippen molar-refractivity contribution >= 4 is 17.3 Å². The number of carbonyl (C=O) groups is 1. The Kier molecular flexibility index (Phi) is 3.73. The molecule has 0 unspecified atom stereocenters. The van der Waals surface area contributed by atoms with Gasteiger partial charge in [0, 0.05) is 5.38 Å². The van der Waals surface area contributed by atoms with Gasteiger partial charge in [-0.2, -0.15) is 5.26 Å². The summed E-state index contributed by atoms with van der Waals surface area (Å²) in [6.45, 7) is -0.0259. The minimum Gasteiger partial charge on any atom is -0.486 e. The van der Waals surface area contributed by atoms with Crippen LogP contribution in [0.2, 0.25) is 0 Å². The summed E-state index contributed by atoms with van der Waals surface area (Å²) in [6, 6.07) is 5.77. The molecule has 19 heavy (non-hydrogen) atoms. The highest BCUT2D eigenvalue weighted by atomic mass is 32.1. The Hall–Kier alpha value is -2.46. The number of hydrogen-bond acceptors (Lipinski definition) is 5. The molecular weight excluding hydrogens is 271 g/mol. The Morgan fingerprint density at radius 1 is 1.58 bits per heavy atom. The van der Waals surface area contributed by atoms with E-state index < -0.39 is 11.8 Å². The zero-order valence-electron chi connectivity index (χ0n) is 9.46. The van der Waals surface area contributed by atoms with E-state index in [0.29, 0.717) is 5.69 Å². The van der Waals surface area contributed by atoms with E-state index in [1.54, 1.807) is 6.07 Å². The van der Waals surface area contributed by atoms with Crippen LogP contribution >= 0.6 is 11.3 Å². The summed E-state index contributed by atoms with van der Waals surface area (Å²) < 4.78 is 18.6. The molecule has 0 saturated heterocycles. The lowest BCUT2D eigenvalue weighted by molar-refractivity contribution is 0.0696. The van der Waals surface area contributed by atoms with Crippen molar-refractivity contribution in [3.63, 3.8) is 0 Å². The van der Waals surface area contributed by atoms with Gasteiger partial charge in [-0.05, 0) is 12.1 Å². The number of aromatic nitrogens is 1. The lowest BCUT2D eigenvalue weighted by Gasteiger charge is -2.06. The van der Waals surface area contributed by atoms with Crippen molar-refractivity contribution in [2.75, 3.05) is 0 Å². The number of thiazole rings is 1. The molecule has 0 aliphatic rings. The van der Waals surface area contributed by atoms with Crippen LogP contribution < -0.4 is 4.74 Å². The number of rotatable bonds is 4. The number of carboxylic acid groups (broad SMARTS) is 1. The van der Waals surface area contributed by atoms with Crippen molar-refractivity contribution in [1.82, 2.24) is 4.98 Å². The number of carboxylic acids is 1. The van der Waals surface area contributed by atoms with Crippen molar-refractivity contribution in [2.24, 2.45) is 0 Å². The average Bonchev–Trinajstić information content (AvgIpc) is 2.85. The summed E-state index contributed by atoms with van der Waals surface area (Å²) in [6.07, 6.45) is 0. The second-order valence-electron chi connectivity index (χ2n) is 3.46. The van der Waals surface area contributed by atoms with E-state index in [-0.39, 0.29) is 22.9 Å². The van der Waals surface area contributed by atoms with Gasteiger partial charge in [0.1, 0.15) is 29.8 Å². The van der Waals surface area contributed by atoms with Crippen LogP contribution in [0.15, 0.2) is 23.6 Å². The maximum Gasteiger partial charge on any atom is 0.365 e. The predicted octanol–water partition coefficient (Wildman–Crippen LogP) is 2.43. The van der Waals surface area contributed by atoms with E-state index in [4.69, 9.17) is 15.1 Å². The third kappa shape index (κ3) is 2.86. The van der Waals surface area contributed by atoms with Gasteiger partial charge in [0.15, 0.2) is 0 Å². The molecule has 0 atom stereocenters. The van der Waals surface area contributed by atoms with E-state index >= 15 is 0 Å². The van der Waals surface area contributed by atoms with Gasteiger partial charge in [-0.1, -0.05) is 6.07 Å². The van der Waals surface area contributed by atoms with Crippen LogP contribution in [0.25, 0.3) is 0 Å². The second kappa shape index (κ2) is 5.46. The molecule has 1 aromatic heterocycles. The average molecular weight is 278 g/mol. The van der Waals surface area contributed by atoms with Gasteiger partial charge in [-0.3, -0.25) is 0 Å². The van der Waals surface area contributed by atoms with Crippen LogP contribution in [-0.2, 0) is 6.61 Å². The largest absolute Gasteiger partial charge is 0.486 e. The Bertz CT molecular complexity index is 663. The highest BCUT2D eigenvalue weighted by Crippen LogP contribution is 2.21. The summed E-state index contributed by atoms with van der Waals surface area (Å²) >= 11 is 0.976. The molecule has 0 amide bonds. The maximum absolute atomic E-state index is 13.3. The normalized spacial score (nSPS) is 9.89. The van der Waals surface area contributed by atoms with Crippen LogP contribution in [0.4, 0.5) is 4.39 Å². The third-order valence-corrected chi connectivity index (χ3v) is 3.08. The number of nitriles is 1. The molecule has 2 rings (SSSR count). The number of ether oxygens (including phenoxy) is 1. The second-order valence-corrected chi connectivity index (χ2v) is 4.32. The van der Waals surface area contributed by atoms with Gasteiger partial charge in [-0.25, -0.2) is 14.2 Å². The molecule has 0 aliphatic carbocycles. The van der Waals surface area contributed by atoms with Crippen molar-refractivity contribution in [1.29, 1.82) is 5.26 Å². The van der Waals surface area contributed by atoms with Crippen LogP contribution in [0.5, 0.6) is 5.75 Å². The molecule has 5 nitrogen and oxygen atoms in total. The van der Waals surface area contributed by atoms with Gasteiger partial charge in [-0.15, -0.1) is 11.3 Å². The number of hydrogen-bond donors (Lipinski definition) is 1. The van der Waals surface area contributed by atoms with Crippen molar-refractivity contribution < 1.29 is 19.0 Å². The molecule has 0 fully saturated rings. The lowest BCUT2D eigenvalue weighted by Crippen LogP contribution is -2.01. The van der Waals surface area contributed by atoms with Gasteiger partial charge >= 0.3 is 5.97 Å². The molecule has 2 aromatic rings. The zero-order valence-corrected chi connectivity index (χ0v) is 10.3. The summed E-state index contributed by atoms with van der Waals surface area (Å²) in [5.41, 5.74) is 0.228. The van der Waals surface area contributed by atoms with Gasteiger partial charge < -0.3 is 9.84 Å². The van der Waals surface area contributed by atoms with Crippen molar-refractivity contribution in [3.8, 4) is 11.8 Å². The smallest absolute Gasteiger partial charge is 0.365 e. The molecule has 1 N–H and O–H groups in total. The number of aromatic carboxylic acids is 1. The SMILES string of the molecule is N#Cc1c(F)cccc1OCc1csc(C(=O)O)n1. The van der Waals surface area contributed by atoms with Gasteiger partial charge in [0.25, 0.3) is 0 Å². The van der Waals surface area contributed by atoms with E-state index in [9.17, 15) is 9.18 Å². The molecule has 0 saturated carbocycles. The minimum absolute atomic E-state index is 0.0259. The monoisotopic (exact) mass is 278 g/mol. The first-order valence-electron chi connectivity index (χ1n) is 5.11. The first-order chi connectivity index (χ1) is 9.11. The first-order valence-corrected chi connectivity index (χ1v) is 5.99. The Morgan fingerprint density at radius 2 is 2.37 bits per heavy atom. The van der Waals surface area contributed by atoms with Crippen LogP contribution in [0.3, 0.4) is 0 Å². The number of halogens is 1. The third-order valence-electron chi connectivity index (χ3n) is 2.20. The Balaban J connectivity index is 2.12. The standard InChI is InChI=1S/C12H7FN2O3S/c13-9-2-1-3-10(8(9)4-14)18-5-7-6-19-11(15-7)12(16)17/h1-3,6H,5H2,(H,16,17). The summed E-state index contributed by atoms with van der Waals surface area (Å²) in [5.74, 6) is -1.67. The lowest BCUT2D eigenvalue weighted by atomic mass is 10.2. The quantitative estimate of drug-likeness (QED) is 0.928. The fourth-order valence-corrected chi connectivity index (χ4v) is 2.00. The molecule has 0 aliphatic heterocycles. The van der Waals surface area contributed by atoms with E-state index in [2.05, 4.69) is 4.98 Å². The van der Waals surface area contributed by atoms with Crippen LogP contribution in [0.1, 0.15) is 21.1 Å². The number of nitrogens with zero attached hydrogens (tertiary/aromatic N) is 2. The van der Waals surface area contributed by atoms with E-state index in [1.165, 1.54) is 17.5 Å². The maximum atomic E-state index is 13.3. The summed E-state index contributed by atoms with van der Waals surface area (Å²) in [5, 5.41) is 19.0. The van der Waals surface area contributed by atoms with Crippen molar-refractivity contribution in [2.45, 2.75) is 6.61 Å². The van der Waals surface area contributed by atoms with Crippen LogP contribution in [-0.4, -0.2) is 16.1 Å². The van der Waals surface area contributed by atoms with E-state index in [1.807, 2.05) is 0 Å². The molecule has 1 heterocycles. The molecule has 1 aromatic carbocycles. The molecule has 96 valence electrons.